The zero-order valence-electron chi connectivity index (χ0n) is 12.1. The standard InChI is InChI=1S/C14H26N4/c1-11(14-10-18(4)16-12(14)2)15-9-13-5-7-17(3)8-6-13/h10-11,13,15H,5-9H2,1-4H3. The molecule has 4 nitrogen and oxygen atoms in total. The second-order valence-corrected chi connectivity index (χ2v) is 5.72. The van der Waals surface area contributed by atoms with Crippen LogP contribution in [0.1, 0.15) is 37.1 Å². The molecule has 1 atom stereocenters. The number of piperidine rings is 1. The first-order valence-electron chi connectivity index (χ1n) is 6.98. The van der Waals surface area contributed by atoms with Crippen molar-refractivity contribution >= 4 is 0 Å². The summed E-state index contributed by atoms with van der Waals surface area (Å²) in [6.45, 7) is 7.94. The highest BCUT2D eigenvalue weighted by Gasteiger charge is 2.18. The number of aryl methyl sites for hydroxylation is 2. The van der Waals surface area contributed by atoms with Gasteiger partial charge in [-0.05, 0) is 59.3 Å². The third-order valence-corrected chi connectivity index (χ3v) is 4.07. The lowest BCUT2D eigenvalue weighted by molar-refractivity contribution is 0.213. The van der Waals surface area contributed by atoms with Crippen molar-refractivity contribution in [3.05, 3.63) is 17.5 Å². The Morgan fingerprint density at radius 2 is 2.06 bits per heavy atom. The molecule has 102 valence electrons. The van der Waals surface area contributed by atoms with Gasteiger partial charge in [0.1, 0.15) is 0 Å². The van der Waals surface area contributed by atoms with E-state index in [1.54, 1.807) is 0 Å². The molecule has 18 heavy (non-hydrogen) atoms. The van der Waals surface area contributed by atoms with Crippen molar-refractivity contribution in [2.45, 2.75) is 32.7 Å². The van der Waals surface area contributed by atoms with Gasteiger partial charge in [-0.2, -0.15) is 5.10 Å². The molecule has 1 aromatic heterocycles. The lowest BCUT2D eigenvalue weighted by atomic mass is 9.96. The van der Waals surface area contributed by atoms with Crippen LogP contribution in [0, 0.1) is 12.8 Å². The van der Waals surface area contributed by atoms with Crippen LogP contribution in [0.15, 0.2) is 6.20 Å². The molecule has 1 fully saturated rings. The van der Waals surface area contributed by atoms with E-state index in [9.17, 15) is 0 Å². The van der Waals surface area contributed by atoms with Crippen LogP contribution < -0.4 is 5.32 Å². The van der Waals surface area contributed by atoms with Gasteiger partial charge in [0.15, 0.2) is 0 Å². The molecule has 0 spiro atoms. The smallest absolute Gasteiger partial charge is 0.0641 e. The summed E-state index contributed by atoms with van der Waals surface area (Å²) in [4.78, 5) is 2.42. The summed E-state index contributed by atoms with van der Waals surface area (Å²) in [5.41, 5.74) is 2.46. The molecule has 0 aliphatic carbocycles. The zero-order chi connectivity index (χ0) is 13.1. The Labute approximate surface area is 110 Å². The number of aromatic nitrogens is 2. The molecular weight excluding hydrogens is 224 g/mol. The van der Waals surface area contributed by atoms with Crippen molar-refractivity contribution in [1.82, 2.24) is 20.0 Å². The molecule has 0 saturated carbocycles. The normalized spacial score (nSPS) is 20.2. The summed E-state index contributed by atoms with van der Waals surface area (Å²) in [6, 6.07) is 0.401. The Hall–Kier alpha value is -0.870. The third kappa shape index (κ3) is 3.33. The van der Waals surface area contributed by atoms with Crippen LogP contribution in [0.2, 0.25) is 0 Å². The predicted octanol–water partition coefficient (Wildman–Crippen LogP) is 1.72. The van der Waals surface area contributed by atoms with E-state index in [1.807, 2.05) is 11.7 Å². The van der Waals surface area contributed by atoms with Crippen molar-refractivity contribution in [2.24, 2.45) is 13.0 Å². The highest BCUT2D eigenvalue weighted by Crippen LogP contribution is 2.19. The van der Waals surface area contributed by atoms with Gasteiger partial charge in [-0.1, -0.05) is 0 Å². The molecule has 1 unspecified atom stereocenters. The highest BCUT2D eigenvalue weighted by atomic mass is 15.3. The quantitative estimate of drug-likeness (QED) is 0.883. The van der Waals surface area contributed by atoms with Gasteiger partial charge in [0, 0.05) is 24.8 Å². The predicted molar refractivity (Wildman–Crippen MR) is 74.6 cm³/mol. The van der Waals surface area contributed by atoms with E-state index in [2.05, 4.69) is 42.4 Å². The number of hydrogen-bond acceptors (Lipinski definition) is 3. The Bertz CT molecular complexity index is 377. The maximum atomic E-state index is 4.41. The Balaban J connectivity index is 1.81. The van der Waals surface area contributed by atoms with Crippen LogP contribution in [0.25, 0.3) is 0 Å². The van der Waals surface area contributed by atoms with E-state index in [1.165, 1.54) is 31.5 Å². The third-order valence-electron chi connectivity index (χ3n) is 4.07. The molecule has 1 N–H and O–H groups in total. The van der Waals surface area contributed by atoms with E-state index in [-0.39, 0.29) is 0 Å². The highest BCUT2D eigenvalue weighted by molar-refractivity contribution is 5.19. The molecule has 1 aliphatic heterocycles. The van der Waals surface area contributed by atoms with Gasteiger partial charge in [-0.25, -0.2) is 0 Å². The van der Waals surface area contributed by atoms with Crippen LogP contribution in [0.5, 0.6) is 0 Å². The second kappa shape index (κ2) is 5.85. The molecule has 1 saturated heterocycles. The molecule has 2 rings (SSSR count). The fourth-order valence-electron chi connectivity index (χ4n) is 2.76. The van der Waals surface area contributed by atoms with E-state index < -0.39 is 0 Å². The summed E-state index contributed by atoms with van der Waals surface area (Å²) in [5.74, 6) is 0.834. The zero-order valence-corrected chi connectivity index (χ0v) is 12.1. The van der Waals surface area contributed by atoms with Gasteiger partial charge in [-0.15, -0.1) is 0 Å². The lowest BCUT2D eigenvalue weighted by Gasteiger charge is -2.29. The number of nitrogens with one attached hydrogen (secondary N) is 1. The van der Waals surface area contributed by atoms with Crippen LogP contribution >= 0.6 is 0 Å². The van der Waals surface area contributed by atoms with E-state index in [4.69, 9.17) is 0 Å². The van der Waals surface area contributed by atoms with Crippen LogP contribution in [0.3, 0.4) is 0 Å². The van der Waals surface area contributed by atoms with E-state index in [0.717, 1.165) is 18.2 Å². The van der Waals surface area contributed by atoms with Gasteiger partial charge < -0.3 is 10.2 Å². The average molecular weight is 250 g/mol. The molecular formula is C14H26N4. The van der Waals surface area contributed by atoms with Gasteiger partial charge in [-0.3, -0.25) is 4.68 Å². The van der Waals surface area contributed by atoms with Crippen molar-refractivity contribution < 1.29 is 0 Å². The first-order valence-corrected chi connectivity index (χ1v) is 6.98. The van der Waals surface area contributed by atoms with Gasteiger partial charge in [0.2, 0.25) is 0 Å². The van der Waals surface area contributed by atoms with Crippen LogP contribution in [0.4, 0.5) is 0 Å². The largest absolute Gasteiger partial charge is 0.310 e. The van der Waals surface area contributed by atoms with Crippen molar-refractivity contribution in [3.8, 4) is 0 Å². The van der Waals surface area contributed by atoms with Crippen molar-refractivity contribution in [2.75, 3.05) is 26.7 Å². The average Bonchev–Trinajstić information content (AvgIpc) is 2.67. The van der Waals surface area contributed by atoms with Crippen molar-refractivity contribution in [3.63, 3.8) is 0 Å². The maximum Gasteiger partial charge on any atom is 0.0641 e. The molecule has 2 heterocycles. The minimum atomic E-state index is 0.401. The van der Waals surface area contributed by atoms with Crippen LogP contribution in [-0.4, -0.2) is 41.4 Å². The lowest BCUT2D eigenvalue weighted by Crippen LogP contribution is -2.35. The minimum Gasteiger partial charge on any atom is -0.310 e. The summed E-state index contributed by atoms with van der Waals surface area (Å²) in [6.07, 6.45) is 4.77. The summed E-state index contributed by atoms with van der Waals surface area (Å²) in [5, 5.41) is 8.07. The van der Waals surface area contributed by atoms with Gasteiger partial charge >= 0.3 is 0 Å². The van der Waals surface area contributed by atoms with Crippen molar-refractivity contribution in [1.29, 1.82) is 0 Å². The Kier molecular flexibility index (Phi) is 4.40. The fraction of sp³-hybridized carbons (Fsp3) is 0.786. The second-order valence-electron chi connectivity index (χ2n) is 5.72. The number of hydrogen-bond donors (Lipinski definition) is 1. The summed E-state index contributed by atoms with van der Waals surface area (Å²) < 4.78 is 1.90. The summed E-state index contributed by atoms with van der Waals surface area (Å²) >= 11 is 0. The van der Waals surface area contributed by atoms with Gasteiger partial charge in [0.25, 0.3) is 0 Å². The SMILES string of the molecule is Cc1nn(C)cc1C(C)NCC1CCN(C)CC1. The van der Waals surface area contributed by atoms with E-state index >= 15 is 0 Å². The monoisotopic (exact) mass is 250 g/mol. The topological polar surface area (TPSA) is 33.1 Å². The molecule has 1 aliphatic rings. The first-order chi connectivity index (χ1) is 8.56. The van der Waals surface area contributed by atoms with Gasteiger partial charge in [0.05, 0.1) is 5.69 Å². The maximum absolute atomic E-state index is 4.41. The van der Waals surface area contributed by atoms with Crippen LogP contribution in [-0.2, 0) is 7.05 Å². The molecule has 1 aromatic rings. The number of likely N-dealkylation sites (tertiary alicyclic amines) is 1. The Morgan fingerprint density at radius 1 is 1.39 bits per heavy atom. The minimum absolute atomic E-state index is 0.401. The number of nitrogens with zero attached hydrogens (tertiary/aromatic N) is 3. The summed E-state index contributed by atoms with van der Waals surface area (Å²) in [7, 11) is 4.20. The molecule has 0 bridgehead atoms. The first kappa shape index (κ1) is 13.6. The fourth-order valence-corrected chi connectivity index (χ4v) is 2.76. The number of rotatable bonds is 4. The molecule has 4 heteroatoms. The molecule has 0 amide bonds. The molecule has 0 radical (unpaired) electrons. The van der Waals surface area contributed by atoms with E-state index in [0.29, 0.717) is 6.04 Å². The molecule has 0 aromatic carbocycles. The Morgan fingerprint density at radius 3 is 2.61 bits per heavy atom.